The molecule has 1 unspecified atom stereocenters. The van der Waals surface area contributed by atoms with Crippen molar-refractivity contribution in [3.63, 3.8) is 0 Å². The highest BCUT2D eigenvalue weighted by Crippen LogP contribution is 2.33. The molecule has 0 spiro atoms. The highest BCUT2D eigenvalue weighted by Gasteiger charge is 2.34. The van der Waals surface area contributed by atoms with E-state index in [1.807, 2.05) is 13.0 Å². The molecule has 2 aromatic heterocycles. The van der Waals surface area contributed by atoms with Crippen molar-refractivity contribution < 1.29 is 24.1 Å². The molecule has 1 N–H and O–H groups in total. The topological polar surface area (TPSA) is 94.0 Å². The van der Waals surface area contributed by atoms with Crippen molar-refractivity contribution in [2.24, 2.45) is 0 Å². The molecule has 0 amide bonds. The molecule has 1 fully saturated rings. The van der Waals surface area contributed by atoms with Gasteiger partial charge in [0.15, 0.2) is 6.10 Å². The van der Waals surface area contributed by atoms with Gasteiger partial charge >= 0.3 is 5.97 Å². The van der Waals surface area contributed by atoms with Crippen molar-refractivity contribution in [3.05, 3.63) is 41.2 Å². The quantitative estimate of drug-likeness (QED) is 0.782. The van der Waals surface area contributed by atoms with Crippen molar-refractivity contribution in [1.82, 2.24) is 9.97 Å². The molecular formula is C20H23N3O5. The zero-order valence-corrected chi connectivity index (χ0v) is 15.9. The Morgan fingerprint density at radius 2 is 2.11 bits per heavy atom. The molecule has 4 rings (SSSR count). The largest absolute Gasteiger partial charge is 0.489 e. The number of fused-ring (bicyclic) bond motifs is 1. The summed E-state index contributed by atoms with van der Waals surface area (Å²) >= 11 is 0. The summed E-state index contributed by atoms with van der Waals surface area (Å²) in [6.45, 7) is 3.26. The molecule has 0 aliphatic carbocycles. The number of nitrogens with zero attached hydrogens (tertiary/aromatic N) is 3. The number of piperidine rings is 1. The normalized spacial score (nSPS) is 19.3. The van der Waals surface area contributed by atoms with Crippen molar-refractivity contribution in [3.8, 4) is 11.6 Å². The van der Waals surface area contributed by atoms with Gasteiger partial charge in [-0.05, 0) is 24.6 Å². The first-order valence-corrected chi connectivity index (χ1v) is 9.34. The molecule has 4 heterocycles. The first-order chi connectivity index (χ1) is 13.6. The minimum absolute atomic E-state index is 0.108. The van der Waals surface area contributed by atoms with Crippen molar-refractivity contribution in [2.45, 2.75) is 32.0 Å². The second-order valence-electron chi connectivity index (χ2n) is 6.98. The van der Waals surface area contributed by atoms with Gasteiger partial charge in [-0.1, -0.05) is 0 Å². The number of methoxy groups -OCH3 is 1. The third kappa shape index (κ3) is 3.47. The van der Waals surface area contributed by atoms with E-state index in [1.165, 1.54) is 0 Å². The lowest BCUT2D eigenvalue weighted by Gasteiger charge is -2.34. The van der Waals surface area contributed by atoms with Crippen LogP contribution in [0.1, 0.15) is 40.6 Å². The predicted molar refractivity (Wildman–Crippen MR) is 101 cm³/mol. The molecule has 2 aliphatic heterocycles. The number of anilines is 1. The van der Waals surface area contributed by atoms with Gasteiger partial charge in [0.2, 0.25) is 5.88 Å². The number of aromatic nitrogens is 2. The van der Waals surface area contributed by atoms with Gasteiger partial charge in [-0.15, -0.1) is 0 Å². The van der Waals surface area contributed by atoms with Gasteiger partial charge in [-0.25, -0.2) is 14.8 Å². The van der Waals surface area contributed by atoms with E-state index in [0.717, 1.165) is 43.1 Å². The number of aliphatic hydroxyl groups is 1. The van der Waals surface area contributed by atoms with Crippen LogP contribution in [0.25, 0.3) is 0 Å². The number of carbonyl (C=O) groups excluding carboxylic acids is 1. The SMILES string of the molecule is COc1ccc(OC2CCN(c3nc4c(cc3C)C(=O)OC4CO)CC2)cn1. The van der Waals surface area contributed by atoms with E-state index in [-0.39, 0.29) is 12.7 Å². The van der Waals surface area contributed by atoms with Gasteiger partial charge in [-0.2, -0.15) is 0 Å². The average molecular weight is 385 g/mol. The van der Waals surface area contributed by atoms with Crippen LogP contribution < -0.4 is 14.4 Å². The van der Waals surface area contributed by atoms with E-state index >= 15 is 0 Å². The fraction of sp³-hybridized carbons (Fsp3) is 0.450. The van der Waals surface area contributed by atoms with Gasteiger partial charge < -0.3 is 24.2 Å². The van der Waals surface area contributed by atoms with Crippen LogP contribution in [0.3, 0.4) is 0 Å². The number of pyridine rings is 2. The van der Waals surface area contributed by atoms with Gasteiger partial charge in [0.25, 0.3) is 0 Å². The molecule has 8 heteroatoms. The molecular weight excluding hydrogens is 362 g/mol. The minimum Gasteiger partial charge on any atom is -0.489 e. The number of rotatable bonds is 5. The first-order valence-electron chi connectivity index (χ1n) is 9.34. The number of hydrogen-bond donors (Lipinski definition) is 1. The van der Waals surface area contributed by atoms with Crippen molar-refractivity contribution in [2.75, 3.05) is 31.7 Å². The van der Waals surface area contributed by atoms with Gasteiger partial charge in [0, 0.05) is 32.0 Å². The molecule has 2 aliphatic rings. The van der Waals surface area contributed by atoms with Crippen LogP contribution >= 0.6 is 0 Å². The molecule has 1 saturated heterocycles. The summed E-state index contributed by atoms with van der Waals surface area (Å²) in [4.78, 5) is 22.9. The Bertz CT molecular complexity index is 863. The van der Waals surface area contributed by atoms with Crippen molar-refractivity contribution in [1.29, 1.82) is 0 Å². The third-order valence-corrected chi connectivity index (χ3v) is 5.12. The molecule has 0 bridgehead atoms. The zero-order valence-electron chi connectivity index (χ0n) is 15.9. The van der Waals surface area contributed by atoms with Crippen LogP contribution in [-0.4, -0.2) is 54.0 Å². The first kappa shape index (κ1) is 18.5. The molecule has 1 atom stereocenters. The maximum atomic E-state index is 11.9. The summed E-state index contributed by atoms with van der Waals surface area (Å²) in [5.41, 5.74) is 1.90. The standard InChI is InChI=1S/C20H23N3O5/c1-12-9-15-18(16(11-24)28-20(15)25)22-19(12)23-7-5-13(6-8-23)27-14-3-4-17(26-2)21-10-14/h3-4,9-10,13,16,24H,5-8,11H2,1-2H3. The third-order valence-electron chi connectivity index (χ3n) is 5.12. The van der Waals surface area contributed by atoms with Crippen LogP contribution in [0.2, 0.25) is 0 Å². The zero-order chi connectivity index (χ0) is 19.7. The van der Waals surface area contributed by atoms with Crippen LogP contribution in [0.5, 0.6) is 11.6 Å². The van der Waals surface area contributed by atoms with E-state index in [2.05, 4.69) is 14.9 Å². The molecule has 0 radical (unpaired) electrons. The number of aryl methyl sites for hydroxylation is 1. The van der Waals surface area contributed by atoms with E-state index < -0.39 is 12.1 Å². The highest BCUT2D eigenvalue weighted by atomic mass is 16.6. The van der Waals surface area contributed by atoms with Crippen LogP contribution in [0.15, 0.2) is 24.4 Å². The summed E-state index contributed by atoms with van der Waals surface area (Å²) in [5.74, 6) is 1.70. The number of aliphatic hydroxyl groups excluding tert-OH is 1. The van der Waals surface area contributed by atoms with Crippen LogP contribution in [0, 0.1) is 6.92 Å². The van der Waals surface area contributed by atoms with Gasteiger partial charge in [0.05, 0.1) is 25.5 Å². The van der Waals surface area contributed by atoms with E-state index in [0.29, 0.717) is 17.1 Å². The highest BCUT2D eigenvalue weighted by molar-refractivity contribution is 5.94. The molecule has 28 heavy (non-hydrogen) atoms. The molecule has 0 saturated carbocycles. The second-order valence-corrected chi connectivity index (χ2v) is 6.98. The number of carbonyl (C=O) groups is 1. The maximum absolute atomic E-state index is 11.9. The fourth-order valence-corrected chi connectivity index (χ4v) is 3.65. The number of esters is 1. The Balaban J connectivity index is 1.43. The molecule has 8 nitrogen and oxygen atoms in total. The maximum Gasteiger partial charge on any atom is 0.340 e. The summed E-state index contributed by atoms with van der Waals surface area (Å²) < 4.78 is 16.3. The Morgan fingerprint density at radius 1 is 1.32 bits per heavy atom. The van der Waals surface area contributed by atoms with Gasteiger partial charge in [-0.3, -0.25) is 0 Å². The number of hydrogen-bond acceptors (Lipinski definition) is 8. The van der Waals surface area contributed by atoms with Crippen LogP contribution in [-0.2, 0) is 4.74 Å². The lowest BCUT2D eigenvalue weighted by Crippen LogP contribution is -2.39. The van der Waals surface area contributed by atoms with Crippen LogP contribution in [0.4, 0.5) is 5.82 Å². The fourth-order valence-electron chi connectivity index (χ4n) is 3.65. The lowest BCUT2D eigenvalue weighted by atomic mass is 10.1. The summed E-state index contributed by atoms with van der Waals surface area (Å²) in [6, 6.07) is 5.45. The molecule has 148 valence electrons. The Morgan fingerprint density at radius 3 is 2.75 bits per heavy atom. The number of ether oxygens (including phenoxy) is 3. The monoisotopic (exact) mass is 385 g/mol. The lowest BCUT2D eigenvalue weighted by molar-refractivity contribution is 0.0227. The second kappa shape index (κ2) is 7.63. The summed E-state index contributed by atoms with van der Waals surface area (Å²) in [5, 5.41) is 9.45. The Kier molecular flexibility index (Phi) is 5.04. The Labute approximate surface area is 163 Å². The Hall–Kier alpha value is -2.87. The average Bonchev–Trinajstić information content (AvgIpc) is 3.03. The van der Waals surface area contributed by atoms with Gasteiger partial charge in [0.1, 0.15) is 23.4 Å². The van der Waals surface area contributed by atoms with E-state index in [1.54, 1.807) is 25.4 Å². The predicted octanol–water partition coefficient (Wildman–Crippen LogP) is 2.05. The van der Waals surface area contributed by atoms with Crippen molar-refractivity contribution >= 4 is 11.8 Å². The minimum atomic E-state index is -0.676. The van der Waals surface area contributed by atoms with E-state index in [9.17, 15) is 9.90 Å². The van der Waals surface area contributed by atoms with E-state index in [4.69, 9.17) is 14.2 Å². The smallest absolute Gasteiger partial charge is 0.340 e. The summed E-state index contributed by atoms with van der Waals surface area (Å²) in [7, 11) is 1.58. The number of cyclic esters (lactones) is 1. The summed E-state index contributed by atoms with van der Waals surface area (Å²) in [6.07, 6.45) is 2.80. The molecule has 0 aromatic carbocycles. The molecule has 2 aromatic rings.